The number of benzene rings is 2. The molecule has 0 aliphatic carbocycles. The Balaban J connectivity index is 2.28. The fourth-order valence-electron chi connectivity index (χ4n) is 1.76. The average molecular weight is 301 g/mol. The van der Waals surface area contributed by atoms with Crippen LogP contribution in [0.5, 0.6) is 5.75 Å². The third-order valence-electron chi connectivity index (χ3n) is 2.69. The van der Waals surface area contributed by atoms with Crippen molar-refractivity contribution in [3.8, 4) is 5.75 Å². The number of esters is 1. The predicted molar refractivity (Wildman–Crippen MR) is 82.6 cm³/mol. The van der Waals surface area contributed by atoms with Crippen LogP contribution in [0.3, 0.4) is 0 Å². The molecule has 0 saturated carbocycles. The molecule has 0 aromatic heterocycles. The van der Waals surface area contributed by atoms with E-state index in [4.69, 9.17) is 16.3 Å². The number of hydrogen-bond donors (Lipinski definition) is 0. The zero-order valence-corrected chi connectivity index (χ0v) is 12.1. The van der Waals surface area contributed by atoms with Crippen molar-refractivity contribution in [1.82, 2.24) is 0 Å². The molecule has 0 unspecified atom stereocenters. The molecule has 0 spiro atoms. The minimum Gasteiger partial charge on any atom is -0.426 e. The van der Waals surface area contributed by atoms with Crippen LogP contribution in [-0.2, 0) is 4.79 Å². The zero-order chi connectivity index (χ0) is 15.2. The van der Waals surface area contributed by atoms with Crippen LogP contribution in [0.1, 0.15) is 22.8 Å². The molecular weight excluding hydrogens is 288 g/mol. The van der Waals surface area contributed by atoms with Gasteiger partial charge in [0.1, 0.15) is 5.75 Å². The molecule has 0 aliphatic heterocycles. The first kappa shape index (κ1) is 15.0. The van der Waals surface area contributed by atoms with Crippen molar-refractivity contribution in [2.75, 3.05) is 0 Å². The second kappa shape index (κ2) is 6.86. The van der Waals surface area contributed by atoms with Gasteiger partial charge in [0.25, 0.3) is 0 Å². The number of allylic oxidation sites excluding steroid dienone is 1. The molecule has 106 valence electrons. The number of carbonyl (C=O) groups excluding carboxylic acids is 2. The minimum absolute atomic E-state index is 0.203. The summed E-state index contributed by atoms with van der Waals surface area (Å²) in [7, 11) is 0. The molecule has 0 bridgehead atoms. The van der Waals surface area contributed by atoms with Gasteiger partial charge in [-0.15, -0.1) is 0 Å². The summed E-state index contributed by atoms with van der Waals surface area (Å²) >= 11 is 5.90. The average Bonchev–Trinajstić information content (AvgIpc) is 2.47. The summed E-state index contributed by atoms with van der Waals surface area (Å²) in [6.07, 6.45) is 3.12. The van der Waals surface area contributed by atoms with Gasteiger partial charge in [0.2, 0.25) is 0 Å². The first-order chi connectivity index (χ1) is 10.1. The molecule has 0 amide bonds. The van der Waals surface area contributed by atoms with Gasteiger partial charge in [0.05, 0.1) is 5.56 Å². The van der Waals surface area contributed by atoms with Crippen LogP contribution >= 0.6 is 11.6 Å². The highest BCUT2D eigenvalue weighted by molar-refractivity contribution is 6.31. The lowest BCUT2D eigenvalue weighted by Crippen LogP contribution is -2.06. The van der Waals surface area contributed by atoms with Crippen molar-refractivity contribution < 1.29 is 14.3 Å². The van der Waals surface area contributed by atoms with E-state index in [9.17, 15) is 9.59 Å². The van der Waals surface area contributed by atoms with E-state index in [1.54, 1.807) is 12.1 Å². The van der Waals surface area contributed by atoms with Crippen molar-refractivity contribution >= 4 is 29.4 Å². The third-order valence-corrected chi connectivity index (χ3v) is 2.92. The maximum Gasteiger partial charge on any atom is 0.308 e. The van der Waals surface area contributed by atoms with Gasteiger partial charge >= 0.3 is 5.97 Å². The third kappa shape index (κ3) is 4.29. The van der Waals surface area contributed by atoms with E-state index < -0.39 is 5.97 Å². The molecule has 2 aromatic rings. The maximum atomic E-state index is 12.2. The van der Waals surface area contributed by atoms with Crippen LogP contribution in [-0.4, -0.2) is 11.8 Å². The van der Waals surface area contributed by atoms with E-state index in [1.807, 2.05) is 30.3 Å². The van der Waals surface area contributed by atoms with Crippen LogP contribution in [0.15, 0.2) is 54.6 Å². The minimum atomic E-state index is -0.488. The summed E-state index contributed by atoms with van der Waals surface area (Å²) in [6.45, 7) is 1.28. The van der Waals surface area contributed by atoms with Crippen LogP contribution in [0, 0.1) is 0 Å². The van der Waals surface area contributed by atoms with Gasteiger partial charge in [0, 0.05) is 11.9 Å². The number of halogens is 1. The summed E-state index contributed by atoms with van der Waals surface area (Å²) in [5, 5.41) is 0.405. The summed E-state index contributed by atoms with van der Waals surface area (Å²) < 4.78 is 5.02. The van der Waals surface area contributed by atoms with Crippen molar-refractivity contribution in [3.63, 3.8) is 0 Å². The number of ether oxygens (including phenoxy) is 1. The smallest absolute Gasteiger partial charge is 0.308 e. The largest absolute Gasteiger partial charge is 0.426 e. The Bertz CT molecular complexity index is 690. The van der Waals surface area contributed by atoms with E-state index in [2.05, 4.69) is 0 Å². The Kier molecular flexibility index (Phi) is 4.90. The highest BCUT2D eigenvalue weighted by Gasteiger charge is 2.12. The van der Waals surface area contributed by atoms with Crippen LogP contribution < -0.4 is 4.74 Å². The van der Waals surface area contributed by atoms with Crippen molar-refractivity contribution in [2.45, 2.75) is 6.92 Å². The van der Waals surface area contributed by atoms with E-state index >= 15 is 0 Å². The Labute approximate surface area is 127 Å². The second-order valence-electron chi connectivity index (χ2n) is 4.34. The normalized spacial score (nSPS) is 10.6. The molecule has 0 saturated heterocycles. The number of ketones is 1. The second-order valence-corrected chi connectivity index (χ2v) is 4.78. The standard InChI is InChI=1S/C17H13ClO3/c1-12(19)21-17-10-8-14(18)11-15(17)16(20)9-7-13-5-3-2-4-6-13/h2-11H,1H3/b9-7+. The van der Waals surface area contributed by atoms with Gasteiger partial charge in [-0.2, -0.15) is 0 Å². The highest BCUT2D eigenvalue weighted by atomic mass is 35.5. The zero-order valence-electron chi connectivity index (χ0n) is 11.4. The molecule has 2 rings (SSSR count). The molecule has 0 heterocycles. The fourth-order valence-corrected chi connectivity index (χ4v) is 1.94. The Hall–Kier alpha value is -2.39. The van der Waals surface area contributed by atoms with Crippen molar-refractivity contribution in [2.24, 2.45) is 0 Å². The molecule has 0 N–H and O–H groups in total. The van der Waals surface area contributed by atoms with E-state index in [-0.39, 0.29) is 17.1 Å². The number of carbonyl (C=O) groups is 2. The first-order valence-electron chi connectivity index (χ1n) is 6.31. The summed E-state index contributed by atoms with van der Waals surface area (Å²) in [6, 6.07) is 14.0. The lowest BCUT2D eigenvalue weighted by Gasteiger charge is -2.06. The molecule has 0 atom stereocenters. The summed E-state index contributed by atoms with van der Waals surface area (Å²) in [4.78, 5) is 23.3. The molecule has 21 heavy (non-hydrogen) atoms. The highest BCUT2D eigenvalue weighted by Crippen LogP contribution is 2.24. The Morgan fingerprint density at radius 3 is 2.48 bits per heavy atom. The van der Waals surface area contributed by atoms with Crippen LogP contribution in [0.25, 0.3) is 6.08 Å². The maximum absolute atomic E-state index is 12.2. The summed E-state index contributed by atoms with van der Waals surface area (Å²) in [5.74, 6) is -0.564. The van der Waals surface area contributed by atoms with Crippen molar-refractivity contribution in [1.29, 1.82) is 0 Å². The predicted octanol–water partition coefficient (Wildman–Crippen LogP) is 4.16. The van der Waals surface area contributed by atoms with Gasteiger partial charge in [0.15, 0.2) is 5.78 Å². The molecule has 3 nitrogen and oxygen atoms in total. The molecule has 0 radical (unpaired) electrons. The number of rotatable bonds is 4. The van der Waals surface area contributed by atoms with E-state index in [0.717, 1.165) is 5.56 Å². The molecule has 2 aromatic carbocycles. The summed E-state index contributed by atoms with van der Waals surface area (Å²) in [5.41, 5.74) is 1.16. The van der Waals surface area contributed by atoms with Gasteiger partial charge < -0.3 is 4.74 Å². The Morgan fingerprint density at radius 1 is 1.10 bits per heavy atom. The lowest BCUT2D eigenvalue weighted by atomic mass is 10.1. The molecule has 0 aliphatic rings. The van der Waals surface area contributed by atoms with Gasteiger partial charge in [-0.25, -0.2) is 0 Å². The number of hydrogen-bond acceptors (Lipinski definition) is 3. The van der Waals surface area contributed by atoms with Crippen molar-refractivity contribution in [3.05, 3.63) is 70.8 Å². The molecule has 4 heteroatoms. The van der Waals surface area contributed by atoms with Crippen LogP contribution in [0.2, 0.25) is 5.02 Å². The molecule has 0 fully saturated rings. The van der Waals surface area contributed by atoms with E-state index in [1.165, 1.54) is 25.1 Å². The lowest BCUT2D eigenvalue weighted by molar-refractivity contribution is -0.131. The molecular formula is C17H13ClO3. The SMILES string of the molecule is CC(=O)Oc1ccc(Cl)cc1C(=O)/C=C/c1ccccc1. The van der Waals surface area contributed by atoms with E-state index in [0.29, 0.717) is 5.02 Å². The van der Waals surface area contributed by atoms with Crippen LogP contribution in [0.4, 0.5) is 0 Å². The topological polar surface area (TPSA) is 43.4 Å². The van der Waals surface area contributed by atoms with Gasteiger partial charge in [-0.3, -0.25) is 9.59 Å². The first-order valence-corrected chi connectivity index (χ1v) is 6.69. The monoisotopic (exact) mass is 300 g/mol. The van der Waals surface area contributed by atoms with Gasteiger partial charge in [-0.1, -0.05) is 48.0 Å². The Morgan fingerprint density at radius 2 is 1.81 bits per heavy atom. The quantitative estimate of drug-likeness (QED) is 0.368. The van der Waals surface area contributed by atoms with Gasteiger partial charge in [-0.05, 0) is 29.8 Å². The fraction of sp³-hybridized carbons (Fsp3) is 0.0588.